The van der Waals surface area contributed by atoms with Crippen LogP contribution in [-0.4, -0.2) is 25.2 Å². The summed E-state index contributed by atoms with van der Waals surface area (Å²) in [6.45, 7) is 0.413. The summed E-state index contributed by atoms with van der Waals surface area (Å²) in [5, 5.41) is 14.5. The van der Waals surface area contributed by atoms with Gasteiger partial charge >= 0.3 is 13.1 Å². The summed E-state index contributed by atoms with van der Waals surface area (Å²) in [5.74, 6) is 0. The van der Waals surface area contributed by atoms with Crippen LogP contribution in [0, 0.1) is 0 Å². The van der Waals surface area contributed by atoms with Gasteiger partial charge in [0.15, 0.2) is 0 Å². The van der Waals surface area contributed by atoms with Crippen molar-refractivity contribution >= 4 is 24.3 Å². The lowest BCUT2D eigenvalue weighted by atomic mass is 9.79. The molecule has 15 heavy (non-hydrogen) atoms. The number of anilines is 1. The third kappa shape index (κ3) is 1.95. The van der Waals surface area contributed by atoms with E-state index in [1.54, 1.807) is 19.2 Å². The molecule has 1 aliphatic rings. The topological polar surface area (TPSA) is 70.6 Å². The van der Waals surface area contributed by atoms with E-state index in [2.05, 4.69) is 10.6 Å². The molecule has 1 aromatic carbocycles. The van der Waals surface area contributed by atoms with Gasteiger partial charge in [0, 0.05) is 12.7 Å². The lowest BCUT2D eigenvalue weighted by molar-refractivity contribution is 0.254. The smallest absolute Gasteiger partial charge is 0.423 e. The molecule has 0 spiro atoms. The number of carbonyl (C=O) groups is 1. The molecule has 78 valence electrons. The first-order chi connectivity index (χ1) is 7.20. The van der Waals surface area contributed by atoms with Crippen LogP contribution in [0.4, 0.5) is 10.5 Å². The Morgan fingerprint density at radius 2 is 2.40 bits per heavy atom. The minimum absolute atomic E-state index is 0.289. The highest BCUT2D eigenvalue weighted by atomic mass is 16.5. The predicted octanol–water partition coefficient (Wildman–Crippen LogP) is -0.344. The van der Waals surface area contributed by atoms with Crippen molar-refractivity contribution in [2.45, 2.75) is 6.61 Å². The van der Waals surface area contributed by atoms with Crippen LogP contribution in [0.15, 0.2) is 18.2 Å². The van der Waals surface area contributed by atoms with Crippen molar-refractivity contribution in [3.05, 3.63) is 23.8 Å². The largest absolute Gasteiger partial charge is 0.491 e. The van der Waals surface area contributed by atoms with Crippen molar-refractivity contribution in [1.29, 1.82) is 0 Å². The van der Waals surface area contributed by atoms with Gasteiger partial charge in [-0.1, -0.05) is 6.07 Å². The lowest BCUT2D eigenvalue weighted by Gasteiger charge is -2.06. The molecule has 2 rings (SSSR count). The van der Waals surface area contributed by atoms with Gasteiger partial charge in [-0.05, 0) is 23.2 Å². The van der Waals surface area contributed by atoms with Crippen molar-refractivity contribution in [3.8, 4) is 0 Å². The second-order valence-electron chi connectivity index (χ2n) is 3.28. The summed E-state index contributed by atoms with van der Waals surface area (Å²) in [6, 6.07) is 5.03. The molecule has 0 unspecified atom stereocenters. The van der Waals surface area contributed by atoms with E-state index in [4.69, 9.17) is 4.65 Å². The van der Waals surface area contributed by atoms with Crippen LogP contribution in [0.5, 0.6) is 0 Å². The summed E-state index contributed by atoms with van der Waals surface area (Å²) in [5.41, 5.74) is 2.30. The highest BCUT2D eigenvalue weighted by molar-refractivity contribution is 6.61. The molecule has 0 bridgehead atoms. The maximum atomic E-state index is 11.0. The van der Waals surface area contributed by atoms with Gasteiger partial charge in [-0.3, -0.25) is 0 Å². The molecule has 6 heteroatoms. The van der Waals surface area contributed by atoms with E-state index in [9.17, 15) is 9.82 Å². The number of amides is 2. The maximum Gasteiger partial charge on any atom is 0.491 e. The summed E-state index contributed by atoms with van der Waals surface area (Å²) in [6.07, 6.45) is 0. The number of nitrogens with one attached hydrogen (secondary N) is 2. The Morgan fingerprint density at radius 3 is 3.13 bits per heavy atom. The van der Waals surface area contributed by atoms with Gasteiger partial charge in [0.2, 0.25) is 0 Å². The summed E-state index contributed by atoms with van der Waals surface area (Å²) in [7, 11) is 0.659. The minimum atomic E-state index is -0.883. The third-order valence-corrected chi connectivity index (χ3v) is 2.29. The van der Waals surface area contributed by atoms with Gasteiger partial charge in [0.05, 0.1) is 6.61 Å². The van der Waals surface area contributed by atoms with E-state index in [0.29, 0.717) is 17.8 Å². The van der Waals surface area contributed by atoms with Crippen molar-refractivity contribution in [1.82, 2.24) is 5.32 Å². The van der Waals surface area contributed by atoms with Crippen LogP contribution in [0.2, 0.25) is 0 Å². The number of hydrogen-bond donors (Lipinski definition) is 3. The predicted molar refractivity (Wildman–Crippen MR) is 56.9 cm³/mol. The lowest BCUT2D eigenvalue weighted by Crippen LogP contribution is -2.29. The number of carbonyl (C=O) groups excluding carboxylic acids is 1. The Bertz CT molecular complexity index is 397. The number of hydrogen-bond acceptors (Lipinski definition) is 3. The van der Waals surface area contributed by atoms with E-state index in [-0.39, 0.29) is 6.03 Å². The van der Waals surface area contributed by atoms with E-state index < -0.39 is 7.12 Å². The zero-order valence-electron chi connectivity index (χ0n) is 8.28. The highest BCUT2D eigenvalue weighted by Gasteiger charge is 2.27. The first-order valence-electron chi connectivity index (χ1n) is 4.62. The molecule has 3 N–H and O–H groups in total. The molecule has 5 nitrogen and oxygen atoms in total. The van der Waals surface area contributed by atoms with Crippen LogP contribution in [0.25, 0.3) is 0 Å². The SMILES string of the molecule is CNC(=O)Nc1ccc2c(c1)B(O)OC2. The number of urea groups is 1. The normalized spacial score (nSPS) is 13.6. The summed E-state index contributed by atoms with van der Waals surface area (Å²) >= 11 is 0. The van der Waals surface area contributed by atoms with Crippen molar-refractivity contribution in [2.75, 3.05) is 12.4 Å². The Labute approximate surface area is 87.6 Å². The van der Waals surface area contributed by atoms with Crippen LogP contribution in [0.3, 0.4) is 0 Å². The fourth-order valence-corrected chi connectivity index (χ4v) is 1.49. The average Bonchev–Trinajstić information content (AvgIpc) is 2.60. The highest BCUT2D eigenvalue weighted by Crippen LogP contribution is 2.14. The quantitative estimate of drug-likeness (QED) is 0.550. The Kier molecular flexibility index (Phi) is 2.61. The average molecular weight is 206 g/mol. The fourth-order valence-electron chi connectivity index (χ4n) is 1.49. The van der Waals surface area contributed by atoms with Crippen molar-refractivity contribution in [2.24, 2.45) is 0 Å². The molecular weight excluding hydrogens is 195 g/mol. The van der Waals surface area contributed by atoms with Gasteiger partial charge in [0.1, 0.15) is 0 Å². The first kappa shape index (κ1) is 10.0. The van der Waals surface area contributed by atoms with Crippen molar-refractivity contribution in [3.63, 3.8) is 0 Å². The molecule has 0 radical (unpaired) electrons. The van der Waals surface area contributed by atoms with Gasteiger partial charge in [-0.25, -0.2) is 4.79 Å². The Morgan fingerprint density at radius 1 is 1.60 bits per heavy atom. The Hall–Kier alpha value is -1.53. The van der Waals surface area contributed by atoms with Gasteiger partial charge in [-0.15, -0.1) is 0 Å². The van der Waals surface area contributed by atoms with Crippen LogP contribution < -0.4 is 16.1 Å². The summed E-state index contributed by atoms with van der Waals surface area (Å²) in [4.78, 5) is 11.0. The van der Waals surface area contributed by atoms with E-state index >= 15 is 0 Å². The molecule has 1 aliphatic heterocycles. The zero-order chi connectivity index (χ0) is 10.8. The molecule has 2 amide bonds. The zero-order valence-corrected chi connectivity index (χ0v) is 8.28. The molecule has 0 aliphatic carbocycles. The summed E-state index contributed by atoms with van der Waals surface area (Å²) < 4.78 is 5.04. The van der Waals surface area contributed by atoms with Crippen LogP contribution in [-0.2, 0) is 11.3 Å². The van der Waals surface area contributed by atoms with E-state index in [1.807, 2.05) is 6.07 Å². The molecule has 1 heterocycles. The minimum Gasteiger partial charge on any atom is -0.423 e. The van der Waals surface area contributed by atoms with Gasteiger partial charge in [-0.2, -0.15) is 0 Å². The molecule has 0 fully saturated rings. The molecule has 1 aromatic rings. The van der Waals surface area contributed by atoms with E-state index in [0.717, 1.165) is 5.56 Å². The van der Waals surface area contributed by atoms with Crippen LogP contribution >= 0.6 is 0 Å². The van der Waals surface area contributed by atoms with Crippen molar-refractivity contribution < 1.29 is 14.5 Å². The molecule has 0 saturated carbocycles. The van der Waals surface area contributed by atoms with Crippen LogP contribution in [0.1, 0.15) is 5.56 Å². The van der Waals surface area contributed by atoms with Gasteiger partial charge in [0.25, 0.3) is 0 Å². The molecule has 0 aromatic heterocycles. The third-order valence-electron chi connectivity index (χ3n) is 2.29. The second-order valence-corrected chi connectivity index (χ2v) is 3.28. The standard InChI is InChI=1S/C9H11BN2O3/c1-11-9(13)12-7-3-2-6-5-15-10(14)8(6)4-7/h2-4,14H,5H2,1H3,(H2,11,12,13). The maximum absolute atomic E-state index is 11.0. The molecule has 0 saturated heterocycles. The fraction of sp³-hybridized carbons (Fsp3) is 0.222. The number of fused-ring (bicyclic) bond motifs is 1. The van der Waals surface area contributed by atoms with E-state index in [1.165, 1.54) is 0 Å². The number of rotatable bonds is 1. The monoisotopic (exact) mass is 206 g/mol. The molecule has 0 atom stereocenters. The second kappa shape index (κ2) is 3.92. The van der Waals surface area contributed by atoms with Gasteiger partial charge < -0.3 is 20.3 Å². The Balaban J connectivity index is 2.21. The molecular formula is C9H11BN2O3. The first-order valence-corrected chi connectivity index (χ1v) is 4.62. The number of benzene rings is 1.